The lowest BCUT2D eigenvalue weighted by Crippen LogP contribution is -2.29. The number of piperidine rings is 1. The SMILES string of the molecule is Clc1cccc2[nH]c(-c3cccc(-c4cncc(Nc5ccc(CN6CCCCC6)cc5)c4)c3)nc12. The van der Waals surface area contributed by atoms with E-state index in [9.17, 15) is 0 Å². The number of anilines is 2. The fourth-order valence-electron chi connectivity index (χ4n) is 4.88. The van der Waals surface area contributed by atoms with E-state index in [4.69, 9.17) is 16.6 Å². The average molecular weight is 494 g/mol. The second-order valence-corrected chi connectivity index (χ2v) is 9.83. The molecule has 0 saturated carbocycles. The Kier molecular flexibility index (Phi) is 6.41. The van der Waals surface area contributed by atoms with Crippen LogP contribution in [0.3, 0.4) is 0 Å². The van der Waals surface area contributed by atoms with Gasteiger partial charge in [-0.25, -0.2) is 4.98 Å². The Labute approximate surface area is 216 Å². The van der Waals surface area contributed by atoms with E-state index in [1.165, 1.54) is 37.9 Å². The molecule has 1 aliphatic heterocycles. The summed E-state index contributed by atoms with van der Waals surface area (Å²) in [4.78, 5) is 15.1. The van der Waals surface area contributed by atoms with Crippen LogP contribution < -0.4 is 5.32 Å². The number of nitrogens with one attached hydrogen (secondary N) is 2. The Morgan fingerprint density at radius 3 is 2.44 bits per heavy atom. The highest BCUT2D eigenvalue weighted by Gasteiger charge is 2.11. The summed E-state index contributed by atoms with van der Waals surface area (Å²) in [5, 5.41) is 4.15. The third-order valence-corrected chi connectivity index (χ3v) is 7.07. The molecule has 0 bridgehead atoms. The molecular weight excluding hydrogens is 466 g/mol. The van der Waals surface area contributed by atoms with Crippen molar-refractivity contribution >= 4 is 34.0 Å². The first kappa shape index (κ1) is 22.8. The molecule has 6 heteroatoms. The Hall–Kier alpha value is -3.67. The number of hydrogen-bond acceptors (Lipinski definition) is 4. The number of likely N-dealkylation sites (tertiary alicyclic amines) is 1. The summed E-state index contributed by atoms with van der Waals surface area (Å²) in [7, 11) is 0. The fourth-order valence-corrected chi connectivity index (χ4v) is 5.10. The second-order valence-electron chi connectivity index (χ2n) is 9.42. The van der Waals surface area contributed by atoms with E-state index in [0.29, 0.717) is 5.02 Å². The average Bonchev–Trinajstić information content (AvgIpc) is 3.37. The molecule has 0 atom stereocenters. The summed E-state index contributed by atoms with van der Waals surface area (Å²) in [5.74, 6) is 0.798. The van der Waals surface area contributed by atoms with E-state index in [2.05, 4.69) is 68.7 Å². The van der Waals surface area contributed by atoms with Gasteiger partial charge in [-0.2, -0.15) is 0 Å². The van der Waals surface area contributed by atoms with Gasteiger partial charge in [0, 0.05) is 29.6 Å². The standard InChI is InChI=1S/C30H28ClN5/c31-27-8-5-9-28-29(27)35-30(34-28)23-7-4-6-22(16-23)24-17-26(19-32-18-24)33-25-12-10-21(11-13-25)20-36-14-2-1-3-15-36/h4-13,16-19,33H,1-3,14-15,20H2,(H,34,35). The normalized spacial score (nSPS) is 14.2. The van der Waals surface area contributed by atoms with Crippen molar-refractivity contribution in [1.82, 2.24) is 19.9 Å². The van der Waals surface area contributed by atoms with Crippen molar-refractivity contribution in [1.29, 1.82) is 0 Å². The number of nitrogens with zero attached hydrogens (tertiary/aromatic N) is 3. The van der Waals surface area contributed by atoms with Crippen LogP contribution in [0.2, 0.25) is 5.02 Å². The Bertz CT molecular complexity index is 1490. The number of pyridine rings is 1. The maximum absolute atomic E-state index is 6.32. The van der Waals surface area contributed by atoms with Crippen molar-refractivity contribution in [3.63, 3.8) is 0 Å². The summed E-state index contributed by atoms with van der Waals surface area (Å²) < 4.78 is 0. The number of aromatic amines is 1. The third kappa shape index (κ3) is 4.99. The first-order valence-corrected chi connectivity index (χ1v) is 12.9. The quantitative estimate of drug-likeness (QED) is 0.255. The number of para-hydroxylation sites is 1. The molecular formula is C30H28ClN5. The molecule has 0 spiro atoms. The Balaban J connectivity index is 1.19. The van der Waals surface area contributed by atoms with Crippen LogP contribution in [0.25, 0.3) is 33.5 Å². The largest absolute Gasteiger partial charge is 0.354 e. The molecule has 1 fully saturated rings. The number of H-pyrrole nitrogens is 1. The summed E-state index contributed by atoms with van der Waals surface area (Å²) in [6.07, 6.45) is 7.75. The molecule has 0 radical (unpaired) electrons. The molecule has 0 aliphatic carbocycles. The Morgan fingerprint density at radius 1 is 0.806 bits per heavy atom. The topological polar surface area (TPSA) is 56.8 Å². The zero-order chi connectivity index (χ0) is 24.3. The predicted molar refractivity (Wildman–Crippen MR) is 149 cm³/mol. The highest BCUT2D eigenvalue weighted by Crippen LogP contribution is 2.30. The van der Waals surface area contributed by atoms with Crippen LogP contribution in [0.1, 0.15) is 24.8 Å². The maximum atomic E-state index is 6.32. The van der Waals surface area contributed by atoms with Crippen LogP contribution in [0, 0.1) is 0 Å². The van der Waals surface area contributed by atoms with Gasteiger partial charge in [0.05, 0.1) is 22.4 Å². The molecule has 5 aromatic rings. The zero-order valence-corrected chi connectivity index (χ0v) is 20.8. The van der Waals surface area contributed by atoms with Gasteiger partial charge in [-0.15, -0.1) is 0 Å². The molecule has 36 heavy (non-hydrogen) atoms. The van der Waals surface area contributed by atoms with Crippen molar-refractivity contribution in [3.8, 4) is 22.5 Å². The molecule has 6 rings (SSSR count). The van der Waals surface area contributed by atoms with Gasteiger partial charge >= 0.3 is 0 Å². The summed E-state index contributed by atoms with van der Waals surface area (Å²) >= 11 is 6.32. The molecule has 0 unspecified atom stereocenters. The van der Waals surface area contributed by atoms with E-state index in [1.807, 2.05) is 36.7 Å². The van der Waals surface area contributed by atoms with Gasteiger partial charge in [-0.3, -0.25) is 9.88 Å². The molecule has 0 amide bonds. The highest BCUT2D eigenvalue weighted by molar-refractivity contribution is 6.35. The lowest BCUT2D eigenvalue weighted by Gasteiger charge is -2.26. The zero-order valence-electron chi connectivity index (χ0n) is 20.0. The molecule has 180 valence electrons. The van der Waals surface area contributed by atoms with Gasteiger partial charge < -0.3 is 10.3 Å². The molecule has 3 aromatic carbocycles. The predicted octanol–water partition coefficient (Wildman–Crippen LogP) is 7.67. The van der Waals surface area contributed by atoms with Crippen molar-refractivity contribution in [2.45, 2.75) is 25.8 Å². The van der Waals surface area contributed by atoms with Crippen molar-refractivity contribution < 1.29 is 0 Å². The maximum Gasteiger partial charge on any atom is 0.138 e. The number of rotatable bonds is 6. The number of hydrogen-bond donors (Lipinski definition) is 2. The number of benzene rings is 3. The minimum Gasteiger partial charge on any atom is -0.354 e. The summed E-state index contributed by atoms with van der Waals surface area (Å²) in [5.41, 5.74) is 8.21. The van der Waals surface area contributed by atoms with Crippen LogP contribution in [0.15, 0.2) is 85.2 Å². The number of fused-ring (bicyclic) bond motifs is 1. The molecule has 3 heterocycles. The lowest BCUT2D eigenvalue weighted by molar-refractivity contribution is 0.221. The van der Waals surface area contributed by atoms with Gasteiger partial charge in [-0.05, 0) is 73.5 Å². The van der Waals surface area contributed by atoms with Gasteiger partial charge in [0.2, 0.25) is 0 Å². The van der Waals surface area contributed by atoms with Crippen LogP contribution in [0.5, 0.6) is 0 Å². The first-order valence-electron chi connectivity index (χ1n) is 12.5. The smallest absolute Gasteiger partial charge is 0.138 e. The molecule has 5 nitrogen and oxygen atoms in total. The highest BCUT2D eigenvalue weighted by atomic mass is 35.5. The Morgan fingerprint density at radius 2 is 1.61 bits per heavy atom. The fraction of sp³-hybridized carbons (Fsp3) is 0.200. The molecule has 1 saturated heterocycles. The van der Waals surface area contributed by atoms with Crippen molar-refractivity contribution in [3.05, 3.63) is 95.8 Å². The van der Waals surface area contributed by atoms with E-state index < -0.39 is 0 Å². The van der Waals surface area contributed by atoms with Gasteiger partial charge in [-0.1, -0.05) is 54.4 Å². The first-order chi connectivity index (χ1) is 17.7. The second kappa shape index (κ2) is 10.1. The number of halogens is 1. The minimum atomic E-state index is 0.647. The number of aromatic nitrogens is 3. The van der Waals surface area contributed by atoms with Crippen molar-refractivity contribution in [2.24, 2.45) is 0 Å². The van der Waals surface area contributed by atoms with E-state index in [-0.39, 0.29) is 0 Å². The van der Waals surface area contributed by atoms with E-state index in [0.717, 1.165) is 51.5 Å². The van der Waals surface area contributed by atoms with Crippen molar-refractivity contribution in [2.75, 3.05) is 18.4 Å². The monoisotopic (exact) mass is 493 g/mol. The van der Waals surface area contributed by atoms with Crippen LogP contribution in [0.4, 0.5) is 11.4 Å². The van der Waals surface area contributed by atoms with Crippen LogP contribution in [-0.2, 0) is 6.54 Å². The number of imidazole rings is 1. The molecule has 2 aromatic heterocycles. The van der Waals surface area contributed by atoms with Gasteiger partial charge in [0.25, 0.3) is 0 Å². The van der Waals surface area contributed by atoms with Gasteiger partial charge in [0.1, 0.15) is 11.3 Å². The summed E-state index contributed by atoms with van der Waals surface area (Å²) in [6.45, 7) is 3.46. The molecule has 1 aliphatic rings. The van der Waals surface area contributed by atoms with Crippen LogP contribution in [-0.4, -0.2) is 32.9 Å². The third-order valence-electron chi connectivity index (χ3n) is 6.77. The molecule has 2 N–H and O–H groups in total. The summed E-state index contributed by atoms with van der Waals surface area (Å²) in [6, 6.07) is 25.0. The minimum absolute atomic E-state index is 0.647. The van der Waals surface area contributed by atoms with Crippen LogP contribution >= 0.6 is 11.6 Å². The van der Waals surface area contributed by atoms with E-state index >= 15 is 0 Å². The lowest BCUT2D eigenvalue weighted by atomic mass is 10.0. The van der Waals surface area contributed by atoms with Gasteiger partial charge in [0.15, 0.2) is 0 Å². The van der Waals surface area contributed by atoms with E-state index in [1.54, 1.807) is 0 Å².